The molecular formula is C27H41BrN2O6. The maximum atomic E-state index is 14.3. The number of hydrogen-bond donors (Lipinski definition) is 1. The van der Waals surface area contributed by atoms with Gasteiger partial charge in [0.15, 0.2) is 0 Å². The molecule has 0 aromatic rings. The molecule has 3 aliphatic rings. The van der Waals surface area contributed by atoms with Crippen LogP contribution >= 0.6 is 15.9 Å². The van der Waals surface area contributed by atoms with E-state index < -0.39 is 47.1 Å². The van der Waals surface area contributed by atoms with Crippen LogP contribution in [0, 0.1) is 17.8 Å². The summed E-state index contributed by atoms with van der Waals surface area (Å²) in [6.07, 6.45) is 4.17. The molecule has 3 heterocycles. The van der Waals surface area contributed by atoms with Crippen LogP contribution in [-0.4, -0.2) is 86.6 Å². The molecule has 1 spiro atoms. The second-order valence-electron chi connectivity index (χ2n) is 11.5. The van der Waals surface area contributed by atoms with Crippen LogP contribution in [0.3, 0.4) is 0 Å². The quantitative estimate of drug-likeness (QED) is 0.178. The van der Waals surface area contributed by atoms with Crippen molar-refractivity contribution in [1.29, 1.82) is 0 Å². The number of fused-ring (bicyclic) bond motifs is 1. The molecule has 3 saturated heterocycles. The zero-order chi connectivity index (χ0) is 27.0. The highest BCUT2D eigenvalue weighted by Gasteiger charge is 2.77. The maximum Gasteiger partial charge on any atom is 0.312 e. The van der Waals surface area contributed by atoms with E-state index in [1.54, 1.807) is 17.1 Å². The van der Waals surface area contributed by atoms with Crippen molar-refractivity contribution in [3.05, 3.63) is 25.3 Å². The fourth-order valence-electron chi connectivity index (χ4n) is 6.14. The van der Waals surface area contributed by atoms with E-state index in [-0.39, 0.29) is 35.8 Å². The van der Waals surface area contributed by atoms with Crippen LogP contribution < -0.4 is 0 Å². The molecule has 0 radical (unpaired) electrons. The van der Waals surface area contributed by atoms with E-state index in [0.717, 1.165) is 0 Å². The van der Waals surface area contributed by atoms with Gasteiger partial charge in [0.1, 0.15) is 11.6 Å². The van der Waals surface area contributed by atoms with Crippen LogP contribution in [0.4, 0.5) is 0 Å². The summed E-state index contributed by atoms with van der Waals surface area (Å²) in [7, 11) is 0. The van der Waals surface area contributed by atoms with Crippen molar-refractivity contribution in [2.45, 2.75) is 88.0 Å². The Morgan fingerprint density at radius 3 is 2.53 bits per heavy atom. The molecular weight excluding hydrogens is 528 g/mol. The second-order valence-corrected chi connectivity index (χ2v) is 12.7. The molecule has 0 aromatic heterocycles. The summed E-state index contributed by atoms with van der Waals surface area (Å²) in [5, 5.41) is 10.4. The molecule has 0 aromatic carbocycles. The SMILES string of the molecule is C=CCCOC(=O)[C@H]1[C@@H]2OC3(CC2Br)C(C(=O)N(CC=C)C(C)(C)C)N([C@@H](CO)CC(C)C)C(=O)[C@H]13. The minimum atomic E-state index is -1.19. The van der Waals surface area contributed by atoms with Gasteiger partial charge in [0.2, 0.25) is 11.8 Å². The van der Waals surface area contributed by atoms with Crippen LogP contribution in [0.15, 0.2) is 25.3 Å². The number of nitrogens with zero attached hydrogens (tertiary/aromatic N) is 2. The van der Waals surface area contributed by atoms with Crippen LogP contribution in [0.25, 0.3) is 0 Å². The van der Waals surface area contributed by atoms with Gasteiger partial charge < -0.3 is 24.4 Å². The summed E-state index contributed by atoms with van der Waals surface area (Å²) in [6.45, 7) is 17.5. The Balaban J connectivity index is 2.12. The lowest BCUT2D eigenvalue weighted by atomic mass is 9.70. The molecule has 8 nitrogen and oxygen atoms in total. The second kappa shape index (κ2) is 11.0. The molecule has 3 unspecified atom stereocenters. The highest BCUT2D eigenvalue weighted by Crippen LogP contribution is 2.61. The summed E-state index contributed by atoms with van der Waals surface area (Å²) < 4.78 is 12.0. The third kappa shape index (κ3) is 4.90. The first-order valence-electron chi connectivity index (χ1n) is 12.8. The fraction of sp³-hybridized carbons (Fsp3) is 0.741. The fourth-order valence-corrected chi connectivity index (χ4v) is 7.08. The Bertz CT molecular complexity index is 886. The van der Waals surface area contributed by atoms with Crippen molar-refractivity contribution in [2.75, 3.05) is 19.8 Å². The molecule has 7 atom stereocenters. The van der Waals surface area contributed by atoms with Crippen LogP contribution in [-0.2, 0) is 23.9 Å². The molecule has 0 aliphatic carbocycles. The summed E-state index contributed by atoms with van der Waals surface area (Å²) in [6, 6.07) is -1.55. The average molecular weight is 570 g/mol. The molecule has 2 bridgehead atoms. The van der Waals surface area contributed by atoms with E-state index in [1.165, 1.54) is 4.90 Å². The third-order valence-electron chi connectivity index (χ3n) is 7.53. The van der Waals surface area contributed by atoms with Crippen molar-refractivity contribution in [3.63, 3.8) is 0 Å². The molecule has 9 heteroatoms. The van der Waals surface area contributed by atoms with Gasteiger partial charge >= 0.3 is 5.97 Å². The van der Waals surface area contributed by atoms with E-state index in [4.69, 9.17) is 9.47 Å². The minimum Gasteiger partial charge on any atom is -0.465 e. The van der Waals surface area contributed by atoms with Gasteiger partial charge in [-0.15, -0.1) is 13.2 Å². The van der Waals surface area contributed by atoms with Crippen molar-refractivity contribution < 1.29 is 29.0 Å². The molecule has 36 heavy (non-hydrogen) atoms. The average Bonchev–Trinajstić information content (AvgIpc) is 3.38. The Hall–Kier alpha value is -1.71. The number of halogens is 1. The first-order valence-corrected chi connectivity index (χ1v) is 13.7. The summed E-state index contributed by atoms with van der Waals surface area (Å²) in [5.41, 5.74) is -1.74. The number of likely N-dealkylation sites (tertiary alicyclic amines) is 1. The number of rotatable bonds is 11. The summed E-state index contributed by atoms with van der Waals surface area (Å²) in [4.78, 5) is 44.8. The number of aliphatic hydroxyl groups is 1. The standard InChI is InChI=1S/C27H41BrN2O6/c1-8-10-12-35-25(34)19-20-23(32)30(17(15-31)13-16(3)4)22(27(20)14-18(28)21(19)36-27)24(33)29(11-9-2)26(5,6)7/h8-9,16-22,31H,1-2,10-15H2,3-7H3/t17-,18?,19-,20+,21-,22?,27?/m1/s1. The predicted octanol–water partition coefficient (Wildman–Crippen LogP) is 3.07. The van der Waals surface area contributed by atoms with Crippen molar-refractivity contribution in [3.8, 4) is 0 Å². The number of esters is 1. The lowest BCUT2D eigenvalue weighted by Gasteiger charge is -2.43. The lowest BCUT2D eigenvalue weighted by molar-refractivity contribution is -0.157. The number of hydrogen-bond acceptors (Lipinski definition) is 6. The molecule has 2 amide bonds. The highest BCUT2D eigenvalue weighted by molar-refractivity contribution is 9.09. The van der Waals surface area contributed by atoms with Gasteiger partial charge in [-0.3, -0.25) is 14.4 Å². The number of aliphatic hydroxyl groups excluding tert-OH is 1. The minimum absolute atomic E-state index is 0.169. The Morgan fingerprint density at radius 1 is 1.33 bits per heavy atom. The lowest BCUT2D eigenvalue weighted by Crippen LogP contribution is -2.62. The van der Waals surface area contributed by atoms with Crippen molar-refractivity contribution >= 4 is 33.7 Å². The molecule has 0 saturated carbocycles. The van der Waals surface area contributed by atoms with Gasteiger partial charge in [0, 0.05) is 16.9 Å². The van der Waals surface area contributed by atoms with Crippen molar-refractivity contribution in [1.82, 2.24) is 9.80 Å². The van der Waals surface area contributed by atoms with Gasteiger partial charge in [-0.1, -0.05) is 41.9 Å². The first kappa shape index (κ1) is 28.9. The van der Waals surface area contributed by atoms with Crippen LogP contribution in [0.2, 0.25) is 0 Å². The largest absolute Gasteiger partial charge is 0.465 e. The van der Waals surface area contributed by atoms with Crippen LogP contribution in [0.1, 0.15) is 53.9 Å². The summed E-state index contributed by atoms with van der Waals surface area (Å²) in [5.74, 6) is -2.59. The maximum absolute atomic E-state index is 14.3. The Labute approximate surface area is 223 Å². The Morgan fingerprint density at radius 2 is 2.00 bits per heavy atom. The predicted molar refractivity (Wildman–Crippen MR) is 140 cm³/mol. The monoisotopic (exact) mass is 568 g/mol. The van der Waals surface area contributed by atoms with E-state index >= 15 is 0 Å². The van der Waals surface area contributed by atoms with Gasteiger partial charge in [-0.05, 0) is 46.0 Å². The van der Waals surface area contributed by atoms with Gasteiger partial charge in [-0.2, -0.15) is 0 Å². The van der Waals surface area contributed by atoms with E-state index in [0.29, 0.717) is 25.8 Å². The topological polar surface area (TPSA) is 96.4 Å². The van der Waals surface area contributed by atoms with E-state index in [9.17, 15) is 19.5 Å². The number of carbonyl (C=O) groups is 3. The van der Waals surface area contributed by atoms with Gasteiger partial charge in [-0.25, -0.2) is 0 Å². The zero-order valence-electron chi connectivity index (χ0n) is 22.1. The normalized spacial score (nSPS) is 31.9. The van der Waals surface area contributed by atoms with Crippen molar-refractivity contribution in [2.24, 2.45) is 17.8 Å². The molecule has 3 fully saturated rings. The molecule has 1 N–H and O–H groups in total. The van der Waals surface area contributed by atoms with E-state index in [1.807, 2.05) is 34.6 Å². The molecule has 3 aliphatic heterocycles. The summed E-state index contributed by atoms with van der Waals surface area (Å²) >= 11 is 3.67. The number of alkyl halides is 1. The zero-order valence-corrected chi connectivity index (χ0v) is 23.7. The van der Waals surface area contributed by atoms with Gasteiger partial charge in [0.05, 0.1) is 37.2 Å². The number of amides is 2. The van der Waals surface area contributed by atoms with Gasteiger partial charge in [0.25, 0.3) is 0 Å². The Kier molecular flexibility index (Phi) is 8.78. The first-order chi connectivity index (χ1) is 16.8. The van der Waals surface area contributed by atoms with E-state index in [2.05, 4.69) is 29.1 Å². The molecule has 3 rings (SSSR count). The number of ether oxygens (including phenoxy) is 2. The number of carbonyl (C=O) groups excluding carboxylic acids is 3. The van der Waals surface area contributed by atoms with Crippen LogP contribution in [0.5, 0.6) is 0 Å². The third-order valence-corrected chi connectivity index (χ3v) is 8.38. The molecule has 202 valence electrons. The smallest absolute Gasteiger partial charge is 0.312 e. The highest BCUT2D eigenvalue weighted by atomic mass is 79.9.